The molecule has 11 heteroatoms. The van der Waals surface area contributed by atoms with Crippen molar-refractivity contribution in [2.45, 2.75) is 244 Å². The molecule has 0 fully saturated rings. The van der Waals surface area contributed by atoms with E-state index in [0.29, 0.717) is 0 Å². The molecule has 10 nitrogen and oxygen atoms in total. The number of fused-ring (bicyclic) bond motifs is 24. The van der Waals surface area contributed by atoms with Gasteiger partial charge in [-0.1, -0.05) is 238 Å². The number of hydrogen-bond donors (Lipinski definition) is 0. The summed E-state index contributed by atoms with van der Waals surface area (Å²) in [6.45, 7) is 62.0. The number of aryl methyl sites for hydroxylation is 2. The normalized spacial score (nSPS) is 13.0. The summed E-state index contributed by atoms with van der Waals surface area (Å²) in [5, 5.41) is 18.9. The van der Waals surface area contributed by atoms with E-state index in [1.165, 1.54) is 146 Å². The predicted molar refractivity (Wildman–Crippen MR) is 549 cm³/mol. The van der Waals surface area contributed by atoms with E-state index in [0.717, 1.165) is 99.3 Å². The Morgan fingerprint density at radius 1 is 0.254 bits per heavy atom. The first-order valence-corrected chi connectivity index (χ1v) is 45.9. The van der Waals surface area contributed by atoms with Crippen molar-refractivity contribution >= 4 is 164 Å². The van der Waals surface area contributed by atoms with E-state index in [1.54, 1.807) is 0 Å². The second-order valence-corrected chi connectivity index (χ2v) is 44.9. The van der Waals surface area contributed by atoms with Crippen molar-refractivity contribution in [1.29, 1.82) is 0 Å². The third kappa shape index (κ3) is 16.0. The molecule has 6 heterocycles. The van der Waals surface area contributed by atoms with Gasteiger partial charge in [-0.25, -0.2) is 0 Å². The Labute approximate surface area is 779 Å². The van der Waals surface area contributed by atoms with Crippen molar-refractivity contribution in [3.63, 3.8) is 0 Å². The number of nitrogens with zero attached hydrogens (tertiary/aromatic N) is 8. The molecule has 14 aromatic carbocycles. The summed E-state index contributed by atoms with van der Waals surface area (Å²) in [6.07, 6.45) is 3.85. The maximum absolute atomic E-state index is 10.0. The molecule has 0 atom stereocenters. The number of hydrogen-bond acceptors (Lipinski definition) is 6. The Hall–Kier alpha value is -12.0. The number of Topliss-reactive ketones (excluding diaryl/α,β-unsaturated/α-hetero) is 2. The van der Waals surface area contributed by atoms with Crippen molar-refractivity contribution in [3.8, 4) is 22.7 Å². The molecule has 20 aromatic rings. The SMILES string of the molecule is CC(=O)CC(C)=O.Cc1cnc2c3[c-]cc(-n4c5ccc(C(C)(C)C)cc5c5cc(C(C)(C)C)ccc54)cc3c3cc(-n4c5ccc(C(C)(C)C)cc5c5cc(C(C)(C)C)ccc54)ccc3c2n1.Cc1cnc2c3[c-]cc(-n4c5ccc(C(C)(C)C)cc5c5cc(C(C)(C)C)ccc54)cc3c3cc(-n4c5ccc(C(C)(C)C)cc5c5cc(C(C)(C)C)ccc54)ccc3c2n1.[Ir+3]. The molecule has 0 N–H and O–H groups in total. The number of carbonyl (C=O) groups is 2. The Morgan fingerprint density at radius 2 is 0.462 bits per heavy atom. The summed E-state index contributed by atoms with van der Waals surface area (Å²) in [6, 6.07) is 86.8. The van der Waals surface area contributed by atoms with Crippen LogP contribution in [0.5, 0.6) is 0 Å². The third-order valence-corrected chi connectivity index (χ3v) is 26.7. The fourth-order valence-corrected chi connectivity index (χ4v) is 19.2. The molecule has 0 amide bonds. The third-order valence-electron chi connectivity index (χ3n) is 26.7. The molecule has 130 heavy (non-hydrogen) atoms. The monoisotopic (exact) mass is 1890 g/mol. The number of ketones is 2. The molecule has 0 bridgehead atoms. The molecule has 6 aromatic heterocycles. The standard InChI is InChI=1S/2C57H57N4.C5H8O2.Ir/c2*1-33-32-58-52-40-20-18-38(60-48-22-14-34(54(2,3)4)26-44(48)45-27-35(55(5,6)7)15-23-49(45)60)30-42(40)43-31-39(19-21-41(43)53(52)59-33)61-50-24-16-36(56(8,9)10)28-46(50)47-29-37(57(11,12)13)17-25-51(47)61;1-4(6)3-5(2)7;/h2*14-19,21-32H,1-13H3;3H2,1-2H3;/q2*-1;;+3. The van der Waals surface area contributed by atoms with Crippen LogP contribution < -0.4 is 0 Å². The van der Waals surface area contributed by atoms with Crippen LogP contribution in [-0.2, 0) is 73.0 Å². The maximum Gasteiger partial charge on any atom is 3.00 e. The Balaban J connectivity index is 0.000000169. The smallest absolute Gasteiger partial charge is 0.351 e. The van der Waals surface area contributed by atoms with Crippen LogP contribution in [0.15, 0.2) is 219 Å². The number of aromatic nitrogens is 8. The molecule has 0 radical (unpaired) electrons. The predicted octanol–water partition coefficient (Wildman–Crippen LogP) is 31.4. The van der Waals surface area contributed by atoms with Crippen LogP contribution in [0.25, 0.3) is 175 Å². The minimum Gasteiger partial charge on any atom is -0.351 e. The van der Waals surface area contributed by atoms with Crippen LogP contribution in [0.1, 0.15) is 242 Å². The van der Waals surface area contributed by atoms with Crippen LogP contribution in [0, 0.1) is 26.0 Å². The fourth-order valence-electron chi connectivity index (χ4n) is 19.2. The zero-order chi connectivity index (χ0) is 92.1. The van der Waals surface area contributed by atoms with Gasteiger partial charge in [0, 0.05) is 100.0 Å². The minimum atomic E-state index is -0.0625. The van der Waals surface area contributed by atoms with E-state index in [4.69, 9.17) is 19.9 Å². The summed E-state index contributed by atoms with van der Waals surface area (Å²) < 4.78 is 9.79. The first-order valence-electron chi connectivity index (χ1n) is 45.9. The van der Waals surface area contributed by atoms with E-state index in [2.05, 4.69) is 403 Å². The van der Waals surface area contributed by atoms with Crippen molar-refractivity contribution in [1.82, 2.24) is 38.2 Å². The van der Waals surface area contributed by atoms with E-state index in [1.807, 2.05) is 26.2 Å². The Bertz CT molecular complexity index is 7360. The van der Waals surface area contributed by atoms with Crippen molar-refractivity contribution in [3.05, 3.63) is 287 Å². The van der Waals surface area contributed by atoms with Gasteiger partial charge >= 0.3 is 20.1 Å². The van der Waals surface area contributed by atoms with Gasteiger partial charge in [-0.2, -0.15) is 0 Å². The van der Waals surface area contributed by atoms with Crippen molar-refractivity contribution < 1.29 is 29.7 Å². The van der Waals surface area contributed by atoms with Gasteiger partial charge < -0.3 is 28.2 Å². The van der Waals surface area contributed by atoms with E-state index in [-0.39, 0.29) is 81.4 Å². The molecule has 20 rings (SSSR count). The van der Waals surface area contributed by atoms with E-state index >= 15 is 0 Å². The summed E-state index contributed by atoms with van der Waals surface area (Å²) in [4.78, 5) is 40.4. The second-order valence-electron chi connectivity index (χ2n) is 44.9. The molecule has 0 aliphatic rings. The summed E-state index contributed by atoms with van der Waals surface area (Å²) in [7, 11) is 0. The quantitative estimate of drug-likeness (QED) is 0.0933. The summed E-state index contributed by atoms with van der Waals surface area (Å²) in [5.41, 5.74) is 30.2. The molecular formula is C119H122IrN8O2+. The molecule has 0 saturated carbocycles. The summed E-state index contributed by atoms with van der Waals surface area (Å²) >= 11 is 0. The van der Waals surface area contributed by atoms with Gasteiger partial charge in [0.1, 0.15) is 11.6 Å². The van der Waals surface area contributed by atoms with Gasteiger partial charge in [-0.05, 0) is 270 Å². The van der Waals surface area contributed by atoms with Crippen molar-refractivity contribution in [2.75, 3.05) is 0 Å². The molecule has 0 spiro atoms. The van der Waals surface area contributed by atoms with Crippen LogP contribution in [-0.4, -0.2) is 49.8 Å². The number of benzene rings is 14. The first kappa shape index (κ1) is 89.9. The minimum absolute atomic E-state index is 0. The van der Waals surface area contributed by atoms with Gasteiger partial charge in [0.15, 0.2) is 0 Å². The van der Waals surface area contributed by atoms with E-state index < -0.39 is 0 Å². The molecule has 0 unspecified atom stereocenters. The van der Waals surface area contributed by atoms with Gasteiger partial charge in [0.2, 0.25) is 0 Å². The summed E-state index contributed by atoms with van der Waals surface area (Å²) in [5.74, 6) is -0.125. The molecule has 0 aliphatic carbocycles. The van der Waals surface area contributed by atoms with Gasteiger partial charge in [0.05, 0.1) is 50.9 Å². The topological polar surface area (TPSA) is 105 Å². The molecule has 0 aliphatic heterocycles. The van der Waals surface area contributed by atoms with Crippen LogP contribution in [0.2, 0.25) is 0 Å². The molecular weight excluding hydrogens is 1770 g/mol. The number of carbonyl (C=O) groups excluding carboxylic acids is 2. The average molecular weight is 1890 g/mol. The van der Waals surface area contributed by atoms with Crippen LogP contribution >= 0.6 is 0 Å². The first-order chi connectivity index (χ1) is 60.5. The Morgan fingerprint density at radius 3 is 0.662 bits per heavy atom. The van der Waals surface area contributed by atoms with Gasteiger partial charge in [-0.3, -0.25) is 19.6 Å². The molecule has 0 saturated heterocycles. The molecule has 658 valence electrons. The van der Waals surface area contributed by atoms with Gasteiger partial charge in [0.25, 0.3) is 0 Å². The Kier molecular flexibility index (Phi) is 21.9. The van der Waals surface area contributed by atoms with Crippen LogP contribution in [0.3, 0.4) is 0 Å². The van der Waals surface area contributed by atoms with E-state index in [9.17, 15) is 9.59 Å². The zero-order valence-corrected chi connectivity index (χ0v) is 83.6. The zero-order valence-electron chi connectivity index (χ0n) is 81.2. The second kappa shape index (κ2) is 31.7. The maximum atomic E-state index is 10.0. The van der Waals surface area contributed by atoms with Crippen LogP contribution in [0.4, 0.5) is 0 Å². The number of rotatable bonds is 6. The van der Waals surface area contributed by atoms with Crippen molar-refractivity contribution in [2.24, 2.45) is 0 Å². The van der Waals surface area contributed by atoms with Gasteiger partial charge in [-0.15, -0.1) is 47.2 Å². The average Bonchev–Trinajstić information content (AvgIpc) is 1.40. The largest absolute Gasteiger partial charge is 3.00 e. The fraction of sp³-hybridized carbons (Fsp3) is 0.311.